The molecule has 0 amide bonds. The van der Waals surface area contributed by atoms with E-state index in [-0.39, 0.29) is 0 Å². The molecule has 2 N–H and O–H groups in total. The minimum atomic E-state index is -0.402. The van der Waals surface area contributed by atoms with Crippen molar-refractivity contribution in [2.24, 2.45) is 0 Å². The number of methoxy groups -OCH3 is 1. The Kier molecular flexibility index (Phi) is 4.80. The van der Waals surface area contributed by atoms with Gasteiger partial charge in [0.05, 0.1) is 25.4 Å². The monoisotopic (exact) mass is 263 g/mol. The molecule has 0 heterocycles. The van der Waals surface area contributed by atoms with Gasteiger partial charge in [-0.3, -0.25) is 0 Å². The minimum Gasteiger partial charge on any atom is -0.465 e. The van der Waals surface area contributed by atoms with Gasteiger partial charge in [-0.25, -0.2) is 4.79 Å². The van der Waals surface area contributed by atoms with Gasteiger partial charge in [-0.2, -0.15) is 0 Å². The van der Waals surface area contributed by atoms with Crippen LogP contribution in [0.15, 0.2) is 18.2 Å². The first kappa shape index (κ1) is 13.9. The smallest absolute Gasteiger partial charge is 0.340 e. The highest BCUT2D eigenvalue weighted by atomic mass is 16.5. The lowest BCUT2D eigenvalue weighted by molar-refractivity contribution is 0.0160. The van der Waals surface area contributed by atoms with Crippen LogP contribution in [0.2, 0.25) is 0 Å². The molecule has 0 bridgehead atoms. The van der Waals surface area contributed by atoms with Crippen LogP contribution in [0.5, 0.6) is 0 Å². The molecule has 0 spiro atoms. The number of nitrogens with two attached hydrogens (primary N) is 1. The summed E-state index contributed by atoms with van der Waals surface area (Å²) >= 11 is 0. The molecule has 4 heteroatoms. The van der Waals surface area contributed by atoms with Gasteiger partial charge in [-0.15, -0.1) is 0 Å². The van der Waals surface area contributed by atoms with Crippen molar-refractivity contribution in [2.75, 3.05) is 12.8 Å². The zero-order valence-corrected chi connectivity index (χ0v) is 11.4. The van der Waals surface area contributed by atoms with Crippen molar-refractivity contribution in [1.29, 1.82) is 0 Å². The van der Waals surface area contributed by atoms with Gasteiger partial charge < -0.3 is 15.2 Å². The van der Waals surface area contributed by atoms with E-state index in [4.69, 9.17) is 15.2 Å². The molecule has 1 aliphatic rings. The molecule has 0 unspecified atom stereocenters. The number of carbonyl (C=O) groups excluding carboxylic acids is 1. The number of benzene rings is 1. The van der Waals surface area contributed by atoms with Crippen LogP contribution in [-0.2, 0) is 16.1 Å². The Morgan fingerprint density at radius 2 is 2.05 bits per heavy atom. The predicted octanol–water partition coefficient (Wildman–Crippen LogP) is 2.90. The lowest BCUT2D eigenvalue weighted by Crippen LogP contribution is -2.18. The summed E-state index contributed by atoms with van der Waals surface area (Å²) in [7, 11) is 1.36. The van der Waals surface area contributed by atoms with Crippen molar-refractivity contribution in [3.63, 3.8) is 0 Å². The molecule has 1 aromatic rings. The van der Waals surface area contributed by atoms with E-state index in [1.165, 1.54) is 26.4 Å². The number of nitrogen functional groups attached to an aromatic ring is 1. The summed E-state index contributed by atoms with van der Waals surface area (Å²) in [6, 6.07) is 5.41. The van der Waals surface area contributed by atoms with E-state index in [0.29, 0.717) is 24.0 Å². The maximum atomic E-state index is 11.7. The van der Waals surface area contributed by atoms with Crippen molar-refractivity contribution >= 4 is 11.7 Å². The van der Waals surface area contributed by atoms with E-state index in [9.17, 15) is 4.79 Å². The van der Waals surface area contributed by atoms with E-state index in [0.717, 1.165) is 18.4 Å². The number of carbonyl (C=O) groups is 1. The molecule has 1 fully saturated rings. The molecule has 0 atom stereocenters. The first-order chi connectivity index (χ1) is 9.22. The van der Waals surface area contributed by atoms with Crippen LogP contribution in [0.3, 0.4) is 0 Å². The fraction of sp³-hybridized carbons (Fsp3) is 0.533. The van der Waals surface area contributed by atoms with Gasteiger partial charge in [0.2, 0.25) is 0 Å². The van der Waals surface area contributed by atoms with Crippen molar-refractivity contribution < 1.29 is 14.3 Å². The summed E-state index contributed by atoms with van der Waals surface area (Å²) in [5.41, 5.74) is 7.53. The highest BCUT2D eigenvalue weighted by molar-refractivity contribution is 5.96. The third-order valence-corrected chi connectivity index (χ3v) is 3.60. The zero-order chi connectivity index (χ0) is 13.7. The van der Waals surface area contributed by atoms with E-state index < -0.39 is 5.97 Å². The molecule has 0 aromatic heterocycles. The Morgan fingerprint density at radius 3 is 2.74 bits per heavy atom. The van der Waals surface area contributed by atoms with E-state index in [1.807, 2.05) is 12.1 Å². The molecular weight excluding hydrogens is 242 g/mol. The number of esters is 1. The molecule has 4 nitrogen and oxygen atoms in total. The van der Waals surface area contributed by atoms with Gasteiger partial charge in [-0.05, 0) is 24.5 Å². The SMILES string of the molecule is COC(=O)c1c(N)cccc1COC1CCCCC1. The van der Waals surface area contributed by atoms with Crippen LogP contribution in [-0.4, -0.2) is 19.2 Å². The van der Waals surface area contributed by atoms with Crippen LogP contribution in [0.25, 0.3) is 0 Å². The third-order valence-electron chi connectivity index (χ3n) is 3.60. The molecule has 0 aliphatic heterocycles. The quantitative estimate of drug-likeness (QED) is 0.670. The Hall–Kier alpha value is -1.55. The Balaban J connectivity index is 2.06. The molecule has 1 aromatic carbocycles. The normalized spacial score (nSPS) is 16.3. The molecule has 104 valence electrons. The predicted molar refractivity (Wildman–Crippen MR) is 73.9 cm³/mol. The van der Waals surface area contributed by atoms with E-state index in [2.05, 4.69) is 0 Å². The molecule has 19 heavy (non-hydrogen) atoms. The van der Waals surface area contributed by atoms with Gasteiger partial charge in [0, 0.05) is 5.69 Å². The Bertz CT molecular complexity index is 439. The molecule has 1 aliphatic carbocycles. The summed E-state index contributed by atoms with van der Waals surface area (Å²) in [6.07, 6.45) is 6.27. The first-order valence-electron chi connectivity index (χ1n) is 6.79. The summed E-state index contributed by atoms with van der Waals surface area (Å²) in [5, 5.41) is 0. The second-order valence-corrected chi connectivity index (χ2v) is 4.94. The second-order valence-electron chi connectivity index (χ2n) is 4.94. The Labute approximate surface area is 113 Å². The van der Waals surface area contributed by atoms with Gasteiger partial charge in [0.25, 0.3) is 0 Å². The average molecular weight is 263 g/mol. The van der Waals surface area contributed by atoms with E-state index in [1.54, 1.807) is 6.07 Å². The minimum absolute atomic E-state index is 0.306. The van der Waals surface area contributed by atoms with Crippen molar-refractivity contribution in [3.8, 4) is 0 Å². The Morgan fingerprint density at radius 1 is 1.32 bits per heavy atom. The molecule has 0 saturated heterocycles. The maximum absolute atomic E-state index is 11.7. The largest absolute Gasteiger partial charge is 0.465 e. The highest BCUT2D eigenvalue weighted by Crippen LogP contribution is 2.24. The van der Waals surface area contributed by atoms with Gasteiger partial charge in [0.15, 0.2) is 0 Å². The second kappa shape index (κ2) is 6.57. The number of hydrogen-bond donors (Lipinski definition) is 1. The number of hydrogen-bond acceptors (Lipinski definition) is 4. The molecule has 2 rings (SSSR count). The van der Waals surface area contributed by atoms with Crippen LogP contribution < -0.4 is 5.73 Å². The van der Waals surface area contributed by atoms with Gasteiger partial charge in [-0.1, -0.05) is 31.4 Å². The summed E-state index contributed by atoms with van der Waals surface area (Å²) in [6.45, 7) is 0.417. The summed E-state index contributed by atoms with van der Waals surface area (Å²) < 4.78 is 10.7. The zero-order valence-electron chi connectivity index (χ0n) is 11.4. The van der Waals surface area contributed by atoms with Gasteiger partial charge >= 0.3 is 5.97 Å². The van der Waals surface area contributed by atoms with E-state index >= 15 is 0 Å². The summed E-state index contributed by atoms with van der Waals surface area (Å²) in [5.74, 6) is -0.402. The fourth-order valence-corrected chi connectivity index (χ4v) is 2.53. The lowest BCUT2D eigenvalue weighted by atomic mass is 9.97. The topological polar surface area (TPSA) is 61.5 Å². The lowest BCUT2D eigenvalue weighted by Gasteiger charge is -2.22. The number of anilines is 1. The number of rotatable bonds is 4. The van der Waals surface area contributed by atoms with Crippen molar-refractivity contribution in [2.45, 2.75) is 44.8 Å². The van der Waals surface area contributed by atoms with Crippen LogP contribution in [0.1, 0.15) is 48.0 Å². The van der Waals surface area contributed by atoms with Crippen molar-refractivity contribution in [3.05, 3.63) is 29.3 Å². The van der Waals surface area contributed by atoms with Crippen LogP contribution in [0.4, 0.5) is 5.69 Å². The average Bonchev–Trinajstić information content (AvgIpc) is 2.45. The van der Waals surface area contributed by atoms with Crippen LogP contribution >= 0.6 is 0 Å². The third kappa shape index (κ3) is 3.47. The highest BCUT2D eigenvalue weighted by Gasteiger charge is 2.18. The summed E-state index contributed by atoms with van der Waals surface area (Å²) in [4.78, 5) is 11.7. The van der Waals surface area contributed by atoms with Gasteiger partial charge in [0.1, 0.15) is 0 Å². The fourth-order valence-electron chi connectivity index (χ4n) is 2.53. The van der Waals surface area contributed by atoms with Crippen molar-refractivity contribution in [1.82, 2.24) is 0 Å². The molecular formula is C15H21NO3. The number of ether oxygens (including phenoxy) is 2. The first-order valence-corrected chi connectivity index (χ1v) is 6.79. The maximum Gasteiger partial charge on any atom is 0.340 e. The molecule has 1 saturated carbocycles. The molecule has 0 radical (unpaired) electrons. The standard InChI is InChI=1S/C15H21NO3/c1-18-15(17)14-11(6-5-9-13(14)16)10-19-12-7-3-2-4-8-12/h5-6,9,12H,2-4,7-8,10,16H2,1H3. The van der Waals surface area contributed by atoms with Crippen LogP contribution in [0, 0.1) is 0 Å².